The smallest absolute Gasteiger partial charge is 0.312 e. The molecular weight excluding hydrogens is 554 g/mol. The van der Waals surface area contributed by atoms with E-state index in [2.05, 4.69) is 16.0 Å². The van der Waals surface area contributed by atoms with E-state index in [0.29, 0.717) is 45.9 Å². The molecule has 42 heavy (non-hydrogen) atoms. The third kappa shape index (κ3) is 16.3. The molecule has 0 aromatic rings. The minimum Gasteiger partial charge on any atom is -0.379 e. The van der Waals surface area contributed by atoms with Gasteiger partial charge < -0.3 is 40.6 Å². The zero-order chi connectivity index (χ0) is 31.3. The quantitative estimate of drug-likeness (QED) is 0.0805. The molecule has 1 aliphatic heterocycles. The Morgan fingerprint density at radius 1 is 0.833 bits per heavy atom. The maximum Gasteiger partial charge on any atom is 0.312 e. The van der Waals surface area contributed by atoms with Crippen molar-refractivity contribution >= 4 is 35.4 Å². The molecule has 240 valence electrons. The second-order valence-corrected chi connectivity index (χ2v) is 10.0. The number of hydrogen-bond donors (Lipinski definition) is 4. The van der Waals surface area contributed by atoms with E-state index in [4.69, 9.17) is 24.7 Å². The van der Waals surface area contributed by atoms with E-state index in [9.17, 15) is 28.8 Å². The Morgan fingerprint density at radius 2 is 1.36 bits per heavy atom. The van der Waals surface area contributed by atoms with Gasteiger partial charge in [0.25, 0.3) is 0 Å². The summed E-state index contributed by atoms with van der Waals surface area (Å²) >= 11 is 0. The average Bonchev–Trinajstić information content (AvgIpc) is 3.25. The van der Waals surface area contributed by atoms with Crippen LogP contribution in [0.25, 0.3) is 0 Å². The molecule has 15 nitrogen and oxygen atoms in total. The van der Waals surface area contributed by atoms with E-state index < -0.39 is 24.0 Å². The molecule has 1 rings (SSSR count). The summed E-state index contributed by atoms with van der Waals surface area (Å²) in [7, 11) is 0. The van der Waals surface area contributed by atoms with Gasteiger partial charge in [-0.1, -0.05) is 13.8 Å². The number of carbonyl (C=O) groups excluding carboxylic acids is 6. The van der Waals surface area contributed by atoms with Crippen molar-refractivity contribution in [3.05, 3.63) is 0 Å². The predicted octanol–water partition coefficient (Wildman–Crippen LogP) is -0.745. The van der Waals surface area contributed by atoms with E-state index in [-0.39, 0.29) is 81.6 Å². The van der Waals surface area contributed by atoms with Gasteiger partial charge in [-0.3, -0.25) is 28.9 Å². The number of Topliss-reactive ketones (excluding diaryl/α,β-unsaturated/α-hetero) is 1. The van der Waals surface area contributed by atoms with Gasteiger partial charge in [-0.25, -0.2) is 4.79 Å². The Hall–Kier alpha value is -3.14. The topological polar surface area (TPSA) is 205 Å². The van der Waals surface area contributed by atoms with Gasteiger partial charge >= 0.3 is 6.03 Å². The van der Waals surface area contributed by atoms with Crippen LogP contribution in [0.2, 0.25) is 0 Å². The SMILES string of the molecule is CC(=O)[C@H](CCCNC(N)=O)NC(=O)[C@@H](NC(=O)CCOCCOCCOCCOCCN1C(=O)CCC1=O)C(C)C. The zero-order valence-electron chi connectivity index (χ0n) is 24.9. The number of nitrogens with one attached hydrogen (secondary N) is 3. The zero-order valence-corrected chi connectivity index (χ0v) is 24.9. The molecule has 2 atom stereocenters. The molecule has 0 unspecified atom stereocenters. The molecule has 1 fully saturated rings. The molecule has 5 N–H and O–H groups in total. The lowest BCUT2D eigenvalue weighted by Gasteiger charge is -2.24. The third-order valence-corrected chi connectivity index (χ3v) is 6.25. The van der Waals surface area contributed by atoms with Gasteiger partial charge in [0.15, 0.2) is 5.78 Å². The first-order chi connectivity index (χ1) is 20.0. The van der Waals surface area contributed by atoms with Crippen LogP contribution in [0.1, 0.15) is 52.9 Å². The largest absolute Gasteiger partial charge is 0.379 e. The van der Waals surface area contributed by atoms with Crippen LogP contribution in [0.3, 0.4) is 0 Å². The summed E-state index contributed by atoms with van der Waals surface area (Å²) in [5.41, 5.74) is 5.02. The predicted molar refractivity (Wildman–Crippen MR) is 150 cm³/mol. The molecule has 0 aromatic heterocycles. The number of rotatable bonds is 24. The van der Waals surface area contributed by atoms with E-state index in [1.165, 1.54) is 11.8 Å². The normalized spacial score (nSPS) is 14.6. The lowest BCUT2D eigenvalue weighted by Crippen LogP contribution is -2.53. The van der Waals surface area contributed by atoms with E-state index in [0.717, 1.165) is 0 Å². The van der Waals surface area contributed by atoms with Gasteiger partial charge in [0.05, 0.1) is 65.4 Å². The Kier molecular flexibility index (Phi) is 18.9. The summed E-state index contributed by atoms with van der Waals surface area (Å²) in [6.07, 6.45) is 1.37. The van der Waals surface area contributed by atoms with E-state index in [1.807, 2.05) is 0 Å². The molecule has 1 aliphatic rings. The number of carbonyl (C=O) groups is 6. The molecule has 0 aromatic carbocycles. The number of likely N-dealkylation sites (tertiary alicyclic amines) is 1. The van der Waals surface area contributed by atoms with Crippen LogP contribution in [-0.4, -0.2) is 118 Å². The Balaban J connectivity index is 2.09. The second kappa shape index (κ2) is 21.5. The van der Waals surface area contributed by atoms with Gasteiger partial charge in [0, 0.05) is 25.8 Å². The van der Waals surface area contributed by atoms with Crippen LogP contribution in [0, 0.1) is 5.92 Å². The molecule has 6 amide bonds. The van der Waals surface area contributed by atoms with Crippen LogP contribution in [0.5, 0.6) is 0 Å². The summed E-state index contributed by atoms with van der Waals surface area (Å²) in [5.74, 6) is -1.57. The third-order valence-electron chi connectivity index (χ3n) is 6.25. The molecule has 1 saturated heterocycles. The molecule has 0 bridgehead atoms. The second-order valence-electron chi connectivity index (χ2n) is 10.0. The highest BCUT2D eigenvalue weighted by atomic mass is 16.6. The van der Waals surface area contributed by atoms with E-state index >= 15 is 0 Å². The molecule has 0 saturated carbocycles. The lowest BCUT2D eigenvalue weighted by atomic mass is 10.0. The molecule has 0 aliphatic carbocycles. The summed E-state index contributed by atoms with van der Waals surface area (Å²) in [6.45, 7) is 7.93. The molecule has 0 radical (unpaired) electrons. The van der Waals surface area contributed by atoms with Crippen molar-refractivity contribution in [1.29, 1.82) is 0 Å². The van der Waals surface area contributed by atoms with Crippen molar-refractivity contribution in [2.75, 3.05) is 65.9 Å². The number of primary amides is 1. The highest BCUT2D eigenvalue weighted by Gasteiger charge is 2.28. The lowest BCUT2D eigenvalue weighted by molar-refractivity contribution is -0.139. The van der Waals surface area contributed by atoms with Crippen LogP contribution in [-0.2, 0) is 42.9 Å². The molecular formula is C27H47N5O10. The van der Waals surface area contributed by atoms with Gasteiger partial charge in [-0.2, -0.15) is 0 Å². The molecule has 0 spiro atoms. The first kappa shape index (κ1) is 36.9. The van der Waals surface area contributed by atoms with Crippen molar-refractivity contribution in [3.63, 3.8) is 0 Å². The van der Waals surface area contributed by atoms with Crippen LogP contribution in [0.4, 0.5) is 4.79 Å². The highest BCUT2D eigenvalue weighted by Crippen LogP contribution is 2.10. The van der Waals surface area contributed by atoms with Crippen molar-refractivity contribution in [2.45, 2.75) is 65.0 Å². The fourth-order valence-electron chi connectivity index (χ4n) is 3.89. The Bertz CT molecular complexity index is 869. The molecule has 15 heteroatoms. The van der Waals surface area contributed by atoms with Crippen molar-refractivity contribution in [2.24, 2.45) is 11.7 Å². The highest BCUT2D eigenvalue weighted by molar-refractivity contribution is 6.01. The number of amides is 6. The van der Waals surface area contributed by atoms with Gasteiger partial charge in [0.1, 0.15) is 6.04 Å². The number of nitrogens with two attached hydrogens (primary N) is 1. The van der Waals surface area contributed by atoms with Crippen molar-refractivity contribution in [1.82, 2.24) is 20.9 Å². The van der Waals surface area contributed by atoms with Gasteiger partial charge in [-0.05, 0) is 25.7 Å². The van der Waals surface area contributed by atoms with Crippen molar-refractivity contribution < 1.29 is 47.7 Å². The number of ether oxygens (including phenoxy) is 4. The van der Waals surface area contributed by atoms with Gasteiger partial charge in [0.2, 0.25) is 23.6 Å². The van der Waals surface area contributed by atoms with Crippen LogP contribution < -0.4 is 21.7 Å². The summed E-state index contributed by atoms with van der Waals surface area (Å²) in [4.78, 5) is 72.1. The van der Waals surface area contributed by atoms with E-state index in [1.54, 1.807) is 13.8 Å². The van der Waals surface area contributed by atoms with Crippen LogP contribution in [0.15, 0.2) is 0 Å². The van der Waals surface area contributed by atoms with Gasteiger partial charge in [-0.15, -0.1) is 0 Å². The fourth-order valence-corrected chi connectivity index (χ4v) is 3.89. The minimum atomic E-state index is -0.824. The number of nitrogens with zero attached hydrogens (tertiary/aromatic N) is 1. The maximum absolute atomic E-state index is 12.8. The average molecular weight is 602 g/mol. The molecule has 1 heterocycles. The Morgan fingerprint density at radius 3 is 1.86 bits per heavy atom. The number of ketones is 1. The maximum atomic E-state index is 12.8. The first-order valence-corrected chi connectivity index (χ1v) is 14.3. The number of urea groups is 1. The number of hydrogen-bond acceptors (Lipinski definition) is 10. The minimum absolute atomic E-state index is 0.0502. The Labute approximate surface area is 246 Å². The summed E-state index contributed by atoms with van der Waals surface area (Å²) in [5, 5.41) is 7.82. The monoisotopic (exact) mass is 601 g/mol. The standard InChI is InChI=1S/C27H47N5O10/c1-19(2)25(26(37)30-21(20(3)33)5-4-9-29-27(28)38)31-22(34)8-11-39-13-15-41-17-18-42-16-14-40-12-10-32-23(35)6-7-24(32)36/h19,21,25H,4-18H2,1-3H3,(H,30,37)(H,31,34)(H3,28,29,38)/t21-,25-/m0/s1. The first-order valence-electron chi connectivity index (χ1n) is 14.3. The fraction of sp³-hybridized carbons (Fsp3) is 0.778. The van der Waals surface area contributed by atoms with Crippen molar-refractivity contribution in [3.8, 4) is 0 Å². The summed E-state index contributed by atoms with van der Waals surface area (Å²) in [6, 6.07) is -2.22. The van der Waals surface area contributed by atoms with Crippen LogP contribution >= 0.6 is 0 Å². The summed E-state index contributed by atoms with van der Waals surface area (Å²) < 4.78 is 21.6. The number of imide groups is 1.